The summed E-state index contributed by atoms with van der Waals surface area (Å²) < 4.78 is 0. The van der Waals surface area contributed by atoms with Crippen molar-refractivity contribution in [3.63, 3.8) is 0 Å². The van der Waals surface area contributed by atoms with Crippen LogP contribution in [0.25, 0.3) is 0 Å². The van der Waals surface area contributed by atoms with Gasteiger partial charge in [0, 0.05) is 23.3 Å². The lowest BCUT2D eigenvalue weighted by Crippen LogP contribution is -2.23. The highest BCUT2D eigenvalue weighted by Crippen LogP contribution is 2.19. The quantitative estimate of drug-likeness (QED) is 0.494. The van der Waals surface area contributed by atoms with E-state index >= 15 is 0 Å². The van der Waals surface area contributed by atoms with E-state index in [9.17, 15) is 19.2 Å². The van der Waals surface area contributed by atoms with Gasteiger partial charge in [0.05, 0.1) is 11.1 Å². The van der Waals surface area contributed by atoms with Crippen LogP contribution in [0.4, 0.5) is 0 Å². The van der Waals surface area contributed by atoms with Gasteiger partial charge in [0.2, 0.25) is 0 Å². The molecule has 4 nitrogen and oxygen atoms in total. The number of benzene rings is 2. The number of hydrogen-bond donors (Lipinski definition) is 0. The van der Waals surface area contributed by atoms with Crippen LogP contribution in [0.1, 0.15) is 20.7 Å². The average molecular weight is 316 g/mol. The molecule has 0 spiro atoms. The summed E-state index contributed by atoms with van der Waals surface area (Å²) in [6.45, 7) is 0. The van der Waals surface area contributed by atoms with Crippen molar-refractivity contribution in [1.29, 1.82) is 0 Å². The van der Waals surface area contributed by atoms with Crippen molar-refractivity contribution in [2.24, 2.45) is 0 Å². The van der Waals surface area contributed by atoms with E-state index in [-0.39, 0.29) is 11.1 Å². The topological polar surface area (TPSA) is 68.3 Å². The molecule has 0 aromatic heterocycles. The Morgan fingerprint density at radius 1 is 0.542 bits per heavy atom. The number of ketones is 4. The molecule has 0 bridgehead atoms. The molecular formula is C20H12O4. The average Bonchev–Trinajstić information content (AvgIpc) is 2.63. The molecule has 1 aliphatic carbocycles. The minimum absolute atomic E-state index is 0.226. The summed E-state index contributed by atoms with van der Waals surface area (Å²) in [5, 5.41) is 0. The standard InChI is InChI=1S/C20H12O4/c21-17-12-16(20(24)14-9-5-2-6-10-14)18(22)11-15(17)19(23)13-7-3-1-4-8-13/h1-12H. The minimum Gasteiger partial charge on any atom is -0.289 e. The molecule has 1 aliphatic rings. The van der Waals surface area contributed by atoms with Gasteiger partial charge in [-0.25, -0.2) is 0 Å². The number of hydrogen-bond acceptors (Lipinski definition) is 4. The summed E-state index contributed by atoms with van der Waals surface area (Å²) >= 11 is 0. The molecule has 0 aliphatic heterocycles. The molecule has 24 heavy (non-hydrogen) atoms. The lowest BCUT2D eigenvalue weighted by molar-refractivity contribution is -0.114. The van der Waals surface area contributed by atoms with Crippen molar-refractivity contribution in [2.75, 3.05) is 0 Å². The lowest BCUT2D eigenvalue weighted by atomic mass is 9.88. The SMILES string of the molecule is O=C1C=C(C(=O)c2ccccc2)C(=O)C=C1C(=O)c1ccccc1. The maximum atomic E-state index is 12.3. The van der Waals surface area contributed by atoms with Crippen LogP contribution in [0.5, 0.6) is 0 Å². The molecule has 0 fully saturated rings. The van der Waals surface area contributed by atoms with Crippen molar-refractivity contribution in [1.82, 2.24) is 0 Å². The largest absolute Gasteiger partial charge is 0.289 e. The van der Waals surface area contributed by atoms with Gasteiger partial charge >= 0.3 is 0 Å². The molecule has 2 aromatic carbocycles. The highest BCUT2D eigenvalue weighted by Gasteiger charge is 2.29. The first kappa shape index (κ1) is 15.5. The minimum atomic E-state index is -0.636. The summed E-state index contributed by atoms with van der Waals surface area (Å²) in [5.74, 6) is -2.33. The second kappa shape index (κ2) is 6.38. The zero-order valence-electron chi connectivity index (χ0n) is 12.6. The molecule has 0 unspecified atom stereocenters. The molecule has 3 rings (SSSR count). The third-order valence-electron chi connectivity index (χ3n) is 3.64. The predicted molar refractivity (Wildman–Crippen MR) is 87.7 cm³/mol. The first-order valence-corrected chi connectivity index (χ1v) is 7.29. The Kier molecular flexibility index (Phi) is 4.12. The van der Waals surface area contributed by atoms with E-state index < -0.39 is 23.1 Å². The molecule has 0 atom stereocenters. The van der Waals surface area contributed by atoms with Gasteiger partial charge in [-0.3, -0.25) is 19.2 Å². The molecular weight excluding hydrogens is 304 g/mol. The Bertz CT molecular complexity index is 826. The third-order valence-corrected chi connectivity index (χ3v) is 3.64. The Morgan fingerprint density at radius 2 is 0.875 bits per heavy atom. The van der Waals surface area contributed by atoms with Crippen LogP contribution in [-0.4, -0.2) is 23.1 Å². The van der Waals surface area contributed by atoms with Gasteiger partial charge in [0.15, 0.2) is 23.1 Å². The molecule has 0 radical (unpaired) electrons. The van der Waals surface area contributed by atoms with E-state index in [1.165, 1.54) is 0 Å². The zero-order chi connectivity index (χ0) is 17.1. The molecule has 4 heteroatoms. The highest BCUT2D eigenvalue weighted by molar-refractivity contribution is 6.41. The van der Waals surface area contributed by atoms with Gasteiger partial charge in [-0.1, -0.05) is 60.7 Å². The van der Waals surface area contributed by atoms with Gasteiger partial charge < -0.3 is 0 Å². The van der Waals surface area contributed by atoms with Gasteiger partial charge in [-0.15, -0.1) is 0 Å². The number of carbonyl (C=O) groups excluding carboxylic acids is 4. The van der Waals surface area contributed by atoms with Crippen LogP contribution in [0.3, 0.4) is 0 Å². The van der Waals surface area contributed by atoms with E-state index in [2.05, 4.69) is 0 Å². The number of carbonyl (C=O) groups is 4. The molecule has 116 valence electrons. The van der Waals surface area contributed by atoms with Crippen LogP contribution in [0.15, 0.2) is 84.0 Å². The highest BCUT2D eigenvalue weighted by atomic mass is 16.2. The smallest absolute Gasteiger partial charge is 0.197 e. The summed E-state index contributed by atoms with van der Waals surface area (Å²) in [5.41, 5.74) is 0.180. The monoisotopic (exact) mass is 316 g/mol. The predicted octanol–water partition coefficient (Wildman–Crippen LogP) is 2.76. The maximum absolute atomic E-state index is 12.3. The molecule has 0 amide bonds. The van der Waals surface area contributed by atoms with E-state index in [0.717, 1.165) is 12.2 Å². The Labute approximate surface area is 138 Å². The zero-order valence-corrected chi connectivity index (χ0v) is 12.6. The van der Waals surface area contributed by atoms with E-state index in [1.54, 1.807) is 60.7 Å². The molecule has 0 heterocycles. The summed E-state index contributed by atoms with van der Waals surface area (Å²) in [7, 11) is 0. The Morgan fingerprint density at radius 3 is 1.21 bits per heavy atom. The van der Waals surface area contributed by atoms with Crippen LogP contribution in [0, 0.1) is 0 Å². The Balaban J connectivity index is 1.90. The molecule has 0 saturated heterocycles. The summed E-state index contributed by atoms with van der Waals surface area (Å²) in [6, 6.07) is 16.4. The van der Waals surface area contributed by atoms with Crippen LogP contribution >= 0.6 is 0 Å². The second-order valence-electron chi connectivity index (χ2n) is 5.23. The van der Waals surface area contributed by atoms with Crippen LogP contribution < -0.4 is 0 Å². The third kappa shape index (κ3) is 2.90. The first-order chi connectivity index (χ1) is 11.6. The maximum Gasteiger partial charge on any atom is 0.197 e. The summed E-state index contributed by atoms with van der Waals surface area (Å²) in [6.07, 6.45) is 1.90. The number of allylic oxidation sites excluding steroid dienone is 4. The van der Waals surface area contributed by atoms with E-state index in [4.69, 9.17) is 0 Å². The lowest BCUT2D eigenvalue weighted by Gasteiger charge is -2.11. The van der Waals surface area contributed by atoms with E-state index in [1.807, 2.05) is 0 Å². The second-order valence-corrected chi connectivity index (χ2v) is 5.23. The van der Waals surface area contributed by atoms with Crippen molar-refractivity contribution in [2.45, 2.75) is 0 Å². The first-order valence-electron chi connectivity index (χ1n) is 7.29. The van der Waals surface area contributed by atoms with Crippen molar-refractivity contribution >= 4 is 23.1 Å². The van der Waals surface area contributed by atoms with Gasteiger partial charge in [0.1, 0.15) is 0 Å². The Hall–Kier alpha value is -3.40. The van der Waals surface area contributed by atoms with Gasteiger partial charge in [0.25, 0.3) is 0 Å². The van der Waals surface area contributed by atoms with Crippen molar-refractivity contribution in [3.8, 4) is 0 Å². The van der Waals surface area contributed by atoms with Crippen molar-refractivity contribution < 1.29 is 19.2 Å². The summed E-state index contributed by atoms with van der Waals surface area (Å²) in [4.78, 5) is 49.2. The molecule has 0 N–H and O–H groups in total. The van der Waals surface area contributed by atoms with Crippen LogP contribution in [0.2, 0.25) is 0 Å². The molecule has 0 saturated carbocycles. The normalized spacial score (nSPS) is 14.0. The van der Waals surface area contributed by atoms with E-state index in [0.29, 0.717) is 11.1 Å². The molecule has 2 aromatic rings. The van der Waals surface area contributed by atoms with Crippen LogP contribution in [-0.2, 0) is 9.59 Å². The number of rotatable bonds is 4. The van der Waals surface area contributed by atoms with Gasteiger partial charge in [-0.05, 0) is 0 Å². The fourth-order valence-electron chi connectivity index (χ4n) is 2.40. The number of Topliss-reactive ketones (excluding diaryl/α,β-unsaturated/α-hetero) is 2. The van der Waals surface area contributed by atoms with Crippen molar-refractivity contribution in [3.05, 3.63) is 95.1 Å². The van der Waals surface area contributed by atoms with Gasteiger partial charge in [-0.2, -0.15) is 0 Å². The fourth-order valence-corrected chi connectivity index (χ4v) is 2.40. The fraction of sp³-hybridized carbons (Fsp3) is 0.